The Balaban J connectivity index is 1.32. The van der Waals surface area contributed by atoms with Crippen molar-refractivity contribution >= 4 is 38.8 Å². The molecule has 5 rings (SSSR count). The summed E-state index contributed by atoms with van der Waals surface area (Å²) in [6.45, 7) is 0.479. The van der Waals surface area contributed by atoms with E-state index in [0.29, 0.717) is 5.01 Å². The topological polar surface area (TPSA) is 89.8 Å². The molecule has 0 unspecified atom stereocenters. The fourth-order valence-electron chi connectivity index (χ4n) is 3.89. The van der Waals surface area contributed by atoms with Crippen LogP contribution < -0.4 is 10.9 Å². The fraction of sp³-hybridized carbons (Fsp3) is 0.318. The molecule has 7 nitrogen and oxygen atoms in total. The number of hydrogen-bond acceptors (Lipinski definition) is 7. The van der Waals surface area contributed by atoms with Gasteiger partial charge in [0.1, 0.15) is 15.7 Å². The van der Waals surface area contributed by atoms with E-state index in [1.807, 2.05) is 0 Å². The number of aryl methyl sites for hydroxylation is 2. The number of fused-ring (bicyclic) bond motifs is 3. The van der Waals surface area contributed by atoms with E-state index >= 15 is 0 Å². The quantitative estimate of drug-likeness (QED) is 0.450. The zero-order valence-electron chi connectivity index (χ0n) is 17.1. The van der Waals surface area contributed by atoms with E-state index < -0.39 is 0 Å². The van der Waals surface area contributed by atoms with Crippen molar-refractivity contribution in [1.29, 1.82) is 0 Å². The molecule has 0 bridgehead atoms. The smallest absolute Gasteiger partial charge is 0.282 e. The van der Waals surface area contributed by atoms with Crippen molar-refractivity contribution in [3.8, 4) is 0 Å². The molecule has 3 heterocycles. The van der Waals surface area contributed by atoms with Crippen molar-refractivity contribution in [2.75, 3.05) is 0 Å². The molecule has 4 aromatic rings. The summed E-state index contributed by atoms with van der Waals surface area (Å²) in [6, 6.07) is 5.92. The third kappa shape index (κ3) is 4.20. The fourth-order valence-corrected chi connectivity index (χ4v) is 5.86. The maximum Gasteiger partial charge on any atom is 0.282 e. The van der Waals surface area contributed by atoms with Crippen molar-refractivity contribution in [2.24, 2.45) is 0 Å². The summed E-state index contributed by atoms with van der Waals surface area (Å²) in [6.07, 6.45) is 6.94. The minimum atomic E-state index is -0.359. The molecule has 1 amide bonds. The average Bonchev–Trinajstić information content (AvgIpc) is 3.33. The molecule has 3 aromatic heterocycles. The highest BCUT2D eigenvalue weighted by Crippen LogP contribution is 2.32. The normalized spacial score (nSPS) is 13.7. The maximum absolute atomic E-state index is 13.2. The third-order valence-electron chi connectivity index (χ3n) is 5.52. The van der Waals surface area contributed by atoms with Gasteiger partial charge in [-0.15, -0.1) is 21.5 Å². The molecule has 0 radical (unpaired) electrons. The van der Waals surface area contributed by atoms with E-state index in [2.05, 4.69) is 20.5 Å². The molecule has 32 heavy (non-hydrogen) atoms. The number of carbonyl (C=O) groups is 1. The van der Waals surface area contributed by atoms with Crippen LogP contribution in [0.3, 0.4) is 0 Å². The predicted octanol–water partition coefficient (Wildman–Crippen LogP) is 3.70. The Morgan fingerprint density at radius 2 is 1.91 bits per heavy atom. The minimum Gasteiger partial charge on any atom is -0.346 e. The third-order valence-corrected chi connectivity index (χ3v) is 7.63. The minimum absolute atomic E-state index is 0.0630. The van der Waals surface area contributed by atoms with Gasteiger partial charge in [-0.25, -0.2) is 9.37 Å². The highest BCUT2D eigenvalue weighted by molar-refractivity contribution is 7.18. The lowest BCUT2D eigenvalue weighted by molar-refractivity contribution is 0.0950. The Bertz CT molecular complexity index is 1340. The molecule has 0 saturated carbocycles. The number of rotatable bonds is 5. The molecule has 0 spiro atoms. The molecule has 0 fully saturated rings. The monoisotopic (exact) mass is 469 g/mol. The number of halogens is 1. The first-order chi connectivity index (χ1) is 15.6. The highest BCUT2D eigenvalue weighted by Gasteiger charge is 2.20. The number of hydrogen-bond donors (Lipinski definition) is 1. The van der Waals surface area contributed by atoms with E-state index in [4.69, 9.17) is 0 Å². The molecular formula is C22H20FN5O2S2. The zero-order chi connectivity index (χ0) is 22.1. The van der Waals surface area contributed by atoms with E-state index in [1.54, 1.807) is 34.4 Å². The van der Waals surface area contributed by atoms with Crippen molar-refractivity contribution in [2.45, 2.75) is 45.2 Å². The number of thiophene rings is 1. The van der Waals surface area contributed by atoms with Crippen LogP contribution in [0.1, 0.15) is 50.1 Å². The summed E-state index contributed by atoms with van der Waals surface area (Å²) in [5.74, 6) is -0.683. The van der Waals surface area contributed by atoms with Gasteiger partial charge in [0.05, 0.1) is 18.3 Å². The van der Waals surface area contributed by atoms with Crippen LogP contribution in [-0.2, 0) is 25.9 Å². The number of benzene rings is 1. The largest absolute Gasteiger partial charge is 0.346 e. The average molecular weight is 470 g/mol. The van der Waals surface area contributed by atoms with Crippen molar-refractivity contribution in [3.05, 3.63) is 72.8 Å². The van der Waals surface area contributed by atoms with Crippen molar-refractivity contribution in [1.82, 2.24) is 25.1 Å². The van der Waals surface area contributed by atoms with E-state index in [0.717, 1.165) is 58.4 Å². The summed E-state index contributed by atoms with van der Waals surface area (Å²) in [5.41, 5.74) is 1.88. The number of nitrogens with zero attached hydrogens (tertiary/aromatic N) is 4. The maximum atomic E-state index is 13.2. The van der Waals surface area contributed by atoms with Gasteiger partial charge in [0.2, 0.25) is 5.01 Å². The summed E-state index contributed by atoms with van der Waals surface area (Å²) in [5, 5.41) is 12.3. The molecule has 1 N–H and O–H groups in total. The first-order valence-corrected chi connectivity index (χ1v) is 12.1. The lowest BCUT2D eigenvalue weighted by Crippen LogP contribution is -2.22. The number of amides is 1. The van der Waals surface area contributed by atoms with Gasteiger partial charge >= 0.3 is 0 Å². The van der Waals surface area contributed by atoms with Gasteiger partial charge in [-0.05, 0) is 48.9 Å². The molecule has 1 aliphatic carbocycles. The van der Waals surface area contributed by atoms with Crippen LogP contribution in [0.5, 0.6) is 0 Å². The molecule has 164 valence electrons. The van der Waals surface area contributed by atoms with E-state index in [-0.39, 0.29) is 35.4 Å². The molecular weight excluding hydrogens is 449 g/mol. The van der Waals surface area contributed by atoms with Gasteiger partial charge in [0.25, 0.3) is 11.5 Å². The Morgan fingerprint density at radius 3 is 2.75 bits per heavy atom. The summed E-state index contributed by atoms with van der Waals surface area (Å²) in [4.78, 5) is 32.2. The first-order valence-electron chi connectivity index (χ1n) is 10.4. The van der Waals surface area contributed by atoms with Crippen LogP contribution in [-0.4, -0.2) is 25.7 Å². The van der Waals surface area contributed by atoms with Crippen molar-refractivity contribution in [3.63, 3.8) is 0 Å². The zero-order valence-corrected chi connectivity index (χ0v) is 18.8. The molecule has 0 saturated heterocycles. The number of carbonyl (C=O) groups excluding carboxylic acids is 1. The van der Waals surface area contributed by atoms with Gasteiger partial charge < -0.3 is 5.32 Å². The van der Waals surface area contributed by atoms with Crippen LogP contribution in [0.15, 0.2) is 35.4 Å². The van der Waals surface area contributed by atoms with Gasteiger partial charge in [-0.1, -0.05) is 29.9 Å². The molecule has 0 atom stereocenters. The summed E-state index contributed by atoms with van der Waals surface area (Å²) >= 11 is 2.77. The predicted molar refractivity (Wildman–Crippen MR) is 122 cm³/mol. The Labute approximate surface area is 191 Å². The van der Waals surface area contributed by atoms with Gasteiger partial charge in [0.15, 0.2) is 0 Å². The first kappa shape index (κ1) is 20.9. The lowest BCUT2D eigenvalue weighted by Gasteiger charge is -2.04. The number of nitrogens with one attached hydrogen (secondary N) is 1. The molecule has 10 heteroatoms. The second-order valence-electron chi connectivity index (χ2n) is 7.73. The van der Waals surface area contributed by atoms with E-state index in [9.17, 15) is 14.0 Å². The van der Waals surface area contributed by atoms with Crippen LogP contribution in [0.4, 0.5) is 4.39 Å². The van der Waals surface area contributed by atoms with Crippen molar-refractivity contribution < 1.29 is 9.18 Å². The number of aromatic nitrogens is 4. The Morgan fingerprint density at radius 1 is 1.09 bits per heavy atom. The summed E-state index contributed by atoms with van der Waals surface area (Å²) < 4.78 is 14.5. The summed E-state index contributed by atoms with van der Waals surface area (Å²) in [7, 11) is 0. The standard InChI is InChI=1S/C22H20FN5O2S2/c23-14-8-6-13(7-9-14)10-24-19(29)21-27-26-17(32-21)11-28-12-25-20-18(22(28)30)15-4-2-1-3-5-16(15)31-20/h6-9,12H,1-5,10-11H2,(H,24,29). The second-order valence-corrected chi connectivity index (χ2v) is 9.88. The molecule has 1 aromatic carbocycles. The molecule has 1 aliphatic rings. The van der Waals surface area contributed by atoms with Gasteiger partial charge in [-0.3, -0.25) is 14.2 Å². The van der Waals surface area contributed by atoms with Crippen LogP contribution >= 0.6 is 22.7 Å². The Hall–Kier alpha value is -2.98. The van der Waals surface area contributed by atoms with Gasteiger partial charge in [0, 0.05) is 11.4 Å². The SMILES string of the molecule is O=C(NCc1ccc(F)cc1)c1nnc(Cn2cnc3sc4c(c3c2=O)CCCCC4)s1. The highest BCUT2D eigenvalue weighted by atomic mass is 32.1. The van der Waals surface area contributed by atoms with Crippen LogP contribution in [0.25, 0.3) is 10.2 Å². The van der Waals surface area contributed by atoms with Crippen LogP contribution in [0, 0.1) is 5.82 Å². The molecule has 0 aliphatic heterocycles. The van der Waals surface area contributed by atoms with Gasteiger partial charge in [-0.2, -0.15) is 0 Å². The van der Waals surface area contributed by atoms with Crippen LogP contribution in [0.2, 0.25) is 0 Å². The second kappa shape index (κ2) is 8.87. The lowest BCUT2D eigenvalue weighted by atomic mass is 10.1. The van der Waals surface area contributed by atoms with E-state index in [1.165, 1.54) is 23.4 Å². The Kier molecular flexibility index (Phi) is 5.79.